The molecule has 2 aromatic heterocycles. The molecule has 2 aromatic rings. The van der Waals surface area contributed by atoms with E-state index >= 15 is 0 Å². The SMILES string of the molecule is CCC(O)(CC)Cc1cn2ccsc2n1. The number of hydrogen-bond acceptors (Lipinski definition) is 3. The molecule has 0 fully saturated rings. The van der Waals surface area contributed by atoms with Crippen LogP contribution in [0.3, 0.4) is 0 Å². The van der Waals surface area contributed by atoms with Crippen LogP contribution in [0.5, 0.6) is 0 Å². The molecule has 1 N–H and O–H groups in total. The van der Waals surface area contributed by atoms with Gasteiger partial charge in [-0.2, -0.15) is 0 Å². The van der Waals surface area contributed by atoms with Crippen molar-refractivity contribution in [2.75, 3.05) is 0 Å². The second-order valence-electron chi connectivity index (χ2n) is 3.93. The average molecular weight is 224 g/mol. The highest BCUT2D eigenvalue weighted by Crippen LogP contribution is 2.21. The van der Waals surface area contributed by atoms with E-state index in [4.69, 9.17) is 0 Å². The summed E-state index contributed by atoms with van der Waals surface area (Å²) in [7, 11) is 0. The number of aliphatic hydroxyl groups is 1. The molecule has 0 aliphatic rings. The Bertz CT molecular complexity index is 414. The molecule has 0 saturated carbocycles. The molecule has 0 atom stereocenters. The minimum atomic E-state index is -0.593. The Morgan fingerprint density at radius 2 is 2.20 bits per heavy atom. The highest BCUT2D eigenvalue weighted by Gasteiger charge is 2.23. The van der Waals surface area contributed by atoms with Crippen molar-refractivity contribution in [2.24, 2.45) is 0 Å². The van der Waals surface area contributed by atoms with E-state index in [9.17, 15) is 5.11 Å². The molecule has 0 aromatic carbocycles. The lowest BCUT2D eigenvalue weighted by Gasteiger charge is -2.23. The molecule has 0 amide bonds. The normalized spacial score (nSPS) is 12.5. The summed E-state index contributed by atoms with van der Waals surface area (Å²) in [6, 6.07) is 0. The molecule has 0 aliphatic heterocycles. The van der Waals surface area contributed by atoms with Crippen molar-refractivity contribution in [2.45, 2.75) is 38.7 Å². The molecule has 2 rings (SSSR count). The molecule has 4 heteroatoms. The molecule has 0 saturated heterocycles. The number of thiazole rings is 1. The van der Waals surface area contributed by atoms with Gasteiger partial charge in [0.2, 0.25) is 0 Å². The predicted octanol–water partition coefficient (Wildman–Crippen LogP) is 2.49. The minimum absolute atomic E-state index is 0.593. The first-order valence-corrected chi connectivity index (χ1v) is 6.18. The average Bonchev–Trinajstić information content (AvgIpc) is 2.77. The van der Waals surface area contributed by atoms with Crippen molar-refractivity contribution in [3.05, 3.63) is 23.5 Å². The van der Waals surface area contributed by atoms with Gasteiger partial charge in [-0.1, -0.05) is 13.8 Å². The lowest BCUT2D eigenvalue weighted by atomic mass is 9.92. The van der Waals surface area contributed by atoms with Gasteiger partial charge in [0.15, 0.2) is 4.96 Å². The van der Waals surface area contributed by atoms with Gasteiger partial charge in [-0.25, -0.2) is 4.98 Å². The Hall–Kier alpha value is -0.870. The van der Waals surface area contributed by atoms with Crippen molar-refractivity contribution >= 4 is 16.3 Å². The predicted molar refractivity (Wildman–Crippen MR) is 62.3 cm³/mol. The van der Waals surface area contributed by atoms with Crippen LogP contribution in [0.25, 0.3) is 4.96 Å². The minimum Gasteiger partial charge on any atom is -0.390 e. The fourth-order valence-corrected chi connectivity index (χ4v) is 2.42. The van der Waals surface area contributed by atoms with Crippen LogP contribution in [0.2, 0.25) is 0 Å². The van der Waals surface area contributed by atoms with E-state index in [1.54, 1.807) is 11.3 Å². The zero-order valence-electron chi connectivity index (χ0n) is 9.10. The molecule has 0 aliphatic carbocycles. The van der Waals surface area contributed by atoms with E-state index in [1.807, 2.05) is 36.0 Å². The van der Waals surface area contributed by atoms with Crippen LogP contribution in [0.4, 0.5) is 0 Å². The maximum Gasteiger partial charge on any atom is 0.193 e. The summed E-state index contributed by atoms with van der Waals surface area (Å²) in [5.41, 5.74) is 0.386. The molecule has 0 radical (unpaired) electrons. The van der Waals surface area contributed by atoms with E-state index in [-0.39, 0.29) is 0 Å². The van der Waals surface area contributed by atoms with Crippen LogP contribution < -0.4 is 0 Å². The summed E-state index contributed by atoms with van der Waals surface area (Å²) in [6.07, 6.45) is 6.19. The monoisotopic (exact) mass is 224 g/mol. The molecule has 2 heterocycles. The van der Waals surface area contributed by atoms with Crippen LogP contribution in [0, 0.1) is 0 Å². The number of rotatable bonds is 4. The van der Waals surface area contributed by atoms with Crippen molar-refractivity contribution in [1.29, 1.82) is 0 Å². The Morgan fingerprint density at radius 3 is 2.80 bits per heavy atom. The lowest BCUT2D eigenvalue weighted by Crippen LogP contribution is -2.29. The zero-order chi connectivity index (χ0) is 10.9. The second-order valence-corrected chi connectivity index (χ2v) is 4.81. The van der Waals surface area contributed by atoms with Gasteiger partial charge in [0.05, 0.1) is 11.3 Å². The summed E-state index contributed by atoms with van der Waals surface area (Å²) in [6.45, 7) is 4.03. The van der Waals surface area contributed by atoms with E-state index in [0.717, 1.165) is 23.5 Å². The fraction of sp³-hybridized carbons (Fsp3) is 0.545. The van der Waals surface area contributed by atoms with Crippen molar-refractivity contribution < 1.29 is 5.11 Å². The summed E-state index contributed by atoms with van der Waals surface area (Å²) >= 11 is 1.62. The van der Waals surface area contributed by atoms with E-state index < -0.39 is 5.60 Å². The molecule has 82 valence electrons. The molecule has 3 nitrogen and oxygen atoms in total. The maximum atomic E-state index is 10.2. The van der Waals surface area contributed by atoms with Crippen molar-refractivity contribution in [1.82, 2.24) is 9.38 Å². The Labute approximate surface area is 93.4 Å². The van der Waals surface area contributed by atoms with Crippen LogP contribution in [0.1, 0.15) is 32.4 Å². The summed E-state index contributed by atoms with van der Waals surface area (Å²) in [4.78, 5) is 5.47. The van der Waals surface area contributed by atoms with E-state index in [2.05, 4.69) is 4.98 Å². The molecule has 0 spiro atoms. The summed E-state index contributed by atoms with van der Waals surface area (Å²) < 4.78 is 2.01. The number of hydrogen-bond donors (Lipinski definition) is 1. The van der Waals surface area contributed by atoms with Gasteiger partial charge in [0, 0.05) is 24.2 Å². The highest BCUT2D eigenvalue weighted by molar-refractivity contribution is 7.15. The fourth-order valence-electron chi connectivity index (χ4n) is 1.70. The third kappa shape index (κ3) is 2.06. The number of imidazole rings is 1. The quantitative estimate of drug-likeness (QED) is 0.866. The zero-order valence-corrected chi connectivity index (χ0v) is 9.92. The first kappa shape index (κ1) is 10.6. The van der Waals surface area contributed by atoms with Gasteiger partial charge < -0.3 is 5.11 Å². The van der Waals surface area contributed by atoms with E-state index in [0.29, 0.717) is 6.42 Å². The van der Waals surface area contributed by atoms with Crippen LogP contribution in [-0.4, -0.2) is 20.1 Å². The van der Waals surface area contributed by atoms with Crippen molar-refractivity contribution in [3.63, 3.8) is 0 Å². The first-order valence-electron chi connectivity index (χ1n) is 5.30. The van der Waals surface area contributed by atoms with Gasteiger partial charge >= 0.3 is 0 Å². The molecular weight excluding hydrogens is 208 g/mol. The van der Waals surface area contributed by atoms with Gasteiger partial charge in [0.25, 0.3) is 0 Å². The maximum absolute atomic E-state index is 10.2. The lowest BCUT2D eigenvalue weighted by molar-refractivity contribution is 0.0318. The highest BCUT2D eigenvalue weighted by atomic mass is 32.1. The Kier molecular flexibility index (Phi) is 2.80. The standard InChI is InChI=1S/C11H16N2OS/c1-3-11(14,4-2)7-9-8-13-5-6-15-10(13)12-9/h5-6,8,14H,3-4,7H2,1-2H3. The third-order valence-electron chi connectivity index (χ3n) is 2.97. The van der Waals surface area contributed by atoms with Crippen LogP contribution in [0.15, 0.2) is 17.8 Å². The van der Waals surface area contributed by atoms with Crippen molar-refractivity contribution in [3.8, 4) is 0 Å². The van der Waals surface area contributed by atoms with Gasteiger partial charge in [-0.3, -0.25) is 4.40 Å². The summed E-state index contributed by atoms with van der Waals surface area (Å²) in [5.74, 6) is 0. The van der Waals surface area contributed by atoms with Gasteiger partial charge in [0.1, 0.15) is 0 Å². The topological polar surface area (TPSA) is 37.5 Å². The molecule has 0 unspecified atom stereocenters. The van der Waals surface area contributed by atoms with Gasteiger partial charge in [-0.05, 0) is 12.8 Å². The Morgan fingerprint density at radius 1 is 1.47 bits per heavy atom. The number of aromatic nitrogens is 2. The molecule has 15 heavy (non-hydrogen) atoms. The number of nitrogens with zero attached hydrogens (tertiary/aromatic N) is 2. The van der Waals surface area contributed by atoms with Crippen LogP contribution in [-0.2, 0) is 6.42 Å². The third-order valence-corrected chi connectivity index (χ3v) is 3.74. The first-order chi connectivity index (χ1) is 7.17. The molecule has 0 bridgehead atoms. The van der Waals surface area contributed by atoms with Gasteiger partial charge in [-0.15, -0.1) is 11.3 Å². The van der Waals surface area contributed by atoms with Crippen LogP contribution >= 0.6 is 11.3 Å². The Balaban J connectivity index is 2.21. The summed E-state index contributed by atoms with van der Waals surface area (Å²) in [5, 5.41) is 12.2. The second kappa shape index (κ2) is 3.94. The smallest absolute Gasteiger partial charge is 0.193 e. The van der Waals surface area contributed by atoms with E-state index in [1.165, 1.54) is 0 Å². The largest absolute Gasteiger partial charge is 0.390 e. The number of fused-ring (bicyclic) bond motifs is 1. The molecular formula is C11H16N2OS.